The highest BCUT2D eigenvalue weighted by atomic mass is 14.8. The molecule has 0 radical (unpaired) electrons. The average molecular weight is 265 g/mol. The van der Waals surface area contributed by atoms with Crippen molar-refractivity contribution in [3.63, 3.8) is 0 Å². The van der Waals surface area contributed by atoms with Gasteiger partial charge in [-0.25, -0.2) is 0 Å². The van der Waals surface area contributed by atoms with Crippen LogP contribution in [0.4, 0.5) is 0 Å². The smallest absolute Gasteiger partial charge is 0.0205 e. The lowest BCUT2D eigenvalue weighted by Crippen LogP contribution is -2.13. The second kappa shape index (κ2) is 6.23. The summed E-state index contributed by atoms with van der Waals surface area (Å²) in [5.74, 6) is 0. The molecule has 104 valence electrons. The number of hydrogen-bond donors (Lipinski definition) is 1. The molecule has 0 atom stereocenters. The first-order chi connectivity index (χ1) is 9.86. The van der Waals surface area contributed by atoms with Crippen LogP contribution in [0.15, 0.2) is 42.5 Å². The standard InChI is InChI=1S/C19H23N/c1-2-11-20-14-15-5-3-7-17(12-15)19-10-9-16-6-4-8-18(16)13-19/h3,5,7,9-10,12-13,20H,2,4,6,8,11,14H2,1H3. The maximum absolute atomic E-state index is 3.47. The van der Waals surface area contributed by atoms with Crippen LogP contribution < -0.4 is 5.32 Å². The number of aryl methyl sites for hydroxylation is 2. The summed E-state index contributed by atoms with van der Waals surface area (Å²) in [6.07, 6.45) is 5.02. The van der Waals surface area contributed by atoms with Gasteiger partial charge in [-0.15, -0.1) is 0 Å². The Morgan fingerprint density at radius 1 is 0.950 bits per heavy atom. The minimum Gasteiger partial charge on any atom is -0.313 e. The molecule has 0 unspecified atom stereocenters. The van der Waals surface area contributed by atoms with Gasteiger partial charge >= 0.3 is 0 Å². The van der Waals surface area contributed by atoms with Crippen molar-refractivity contribution in [1.82, 2.24) is 5.32 Å². The zero-order valence-corrected chi connectivity index (χ0v) is 12.3. The van der Waals surface area contributed by atoms with Crippen LogP contribution in [0.25, 0.3) is 11.1 Å². The van der Waals surface area contributed by atoms with Crippen molar-refractivity contribution in [2.75, 3.05) is 6.54 Å². The lowest BCUT2D eigenvalue weighted by atomic mass is 9.99. The van der Waals surface area contributed by atoms with Crippen LogP contribution in [0.3, 0.4) is 0 Å². The van der Waals surface area contributed by atoms with E-state index in [1.54, 1.807) is 11.1 Å². The lowest BCUT2D eigenvalue weighted by Gasteiger charge is -2.08. The van der Waals surface area contributed by atoms with Gasteiger partial charge in [-0.1, -0.05) is 43.3 Å². The molecule has 1 aliphatic rings. The molecule has 20 heavy (non-hydrogen) atoms. The number of hydrogen-bond acceptors (Lipinski definition) is 1. The Morgan fingerprint density at radius 2 is 1.80 bits per heavy atom. The fourth-order valence-corrected chi connectivity index (χ4v) is 3.02. The van der Waals surface area contributed by atoms with Crippen LogP contribution in [-0.2, 0) is 19.4 Å². The van der Waals surface area contributed by atoms with Gasteiger partial charge in [0.1, 0.15) is 0 Å². The second-order valence-electron chi connectivity index (χ2n) is 5.71. The van der Waals surface area contributed by atoms with E-state index in [9.17, 15) is 0 Å². The van der Waals surface area contributed by atoms with E-state index in [0.717, 1.165) is 13.1 Å². The van der Waals surface area contributed by atoms with Gasteiger partial charge in [0.05, 0.1) is 0 Å². The van der Waals surface area contributed by atoms with Crippen molar-refractivity contribution in [2.45, 2.75) is 39.2 Å². The van der Waals surface area contributed by atoms with Crippen molar-refractivity contribution in [3.8, 4) is 11.1 Å². The minimum absolute atomic E-state index is 0.965. The third-order valence-corrected chi connectivity index (χ3v) is 4.11. The molecule has 2 aromatic rings. The number of rotatable bonds is 5. The van der Waals surface area contributed by atoms with E-state index in [4.69, 9.17) is 0 Å². The maximum Gasteiger partial charge on any atom is 0.0205 e. The Labute approximate surface area is 122 Å². The molecule has 0 heterocycles. The summed E-state index contributed by atoms with van der Waals surface area (Å²) >= 11 is 0. The van der Waals surface area contributed by atoms with Crippen LogP contribution in [0.2, 0.25) is 0 Å². The van der Waals surface area contributed by atoms with E-state index < -0.39 is 0 Å². The van der Waals surface area contributed by atoms with Gasteiger partial charge in [0.25, 0.3) is 0 Å². The van der Waals surface area contributed by atoms with Crippen molar-refractivity contribution in [3.05, 3.63) is 59.2 Å². The van der Waals surface area contributed by atoms with E-state index >= 15 is 0 Å². The Balaban J connectivity index is 1.81. The normalized spacial score (nSPS) is 13.4. The summed E-state index contributed by atoms with van der Waals surface area (Å²) in [7, 11) is 0. The highest BCUT2D eigenvalue weighted by molar-refractivity contribution is 5.66. The van der Waals surface area contributed by atoms with E-state index in [2.05, 4.69) is 54.7 Å². The fourth-order valence-electron chi connectivity index (χ4n) is 3.02. The van der Waals surface area contributed by atoms with Gasteiger partial charge in [0, 0.05) is 6.54 Å². The van der Waals surface area contributed by atoms with E-state index in [1.165, 1.54) is 42.4 Å². The molecule has 3 rings (SSSR count). The van der Waals surface area contributed by atoms with Crippen molar-refractivity contribution >= 4 is 0 Å². The highest BCUT2D eigenvalue weighted by Crippen LogP contribution is 2.28. The summed E-state index contributed by atoms with van der Waals surface area (Å²) in [6, 6.07) is 15.9. The topological polar surface area (TPSA) is 12.0 Å². The first kappa shape index (κ1) is 13.4. The van der Waals surface area contributed by atoms with E-state index in [-0.39, 0.29) is 0 Å². The third-order valence-electron chi connectivity index (χ3n) is 4.11. The van der Waals surface area contributed by atoms with Crippen LogP contribution in [0.1, 0.15) is 36.5 Å². The Bertz CT molecular complexity index is 586. The Kier molecular flexibility index (Phi) is 4.17. The number of benzene rings is 2. The summed E-state index contributed by atoms with van der Waals surface area (Å²) in [5, 5.41) is 3.47. The van der Waals surface area contributed by atoms with Crippen LogP contribution in [-0.4, -0.2) is 6.54 Å². The van der Waals surface area contributed by atoms with Crippen LogP contribution >= 0.6 is 0 Å². The van der Waals surface area contributed by atoms with Gasteiger partial charge in [-0.3, -0.25) is 0 Å². The molecular formula is C19H23N. The number of nitrogens with one attached hydrogen (secondary N) is 1. The molecule has 0 aromatic heterocycles. The molecule has 0 amide bonds. The SMILES string of the molecule is CCCNCc1cccc(-c2ccc3c(c2)CCC3)c1. The molecule has 1 heteroatoms. The molecule has 0 aliphatic heterocycles. The predicted octanol–water partition coefficient (Wildman–Crippen LogP) is 4.34. The zero-order chi connectivity index (χ0) is 13.8. The molecule has 1 aliphatic carbocycles. The lowest BCUT2D eigenvalue weighted by molar-refractivity contribution is 0.675. The monoisotopic (exact) mass is 265 g/mol. The molecule has 2 aromatic carbocycles. The van der Waals surface area contributed by atoms with Crippen molar-refractivity contribution in [2.24, 2.45) is 0 Å². The zero-order valence-electron chi connectivity index (χ0n) is 12.3. The van der Waals surface area contributed by atoms with Crippen molar-refractivity contribution in [1.29, 1.82) is 0 Å². The Morgan fingerprint density at radius 3 is 2.70 bits per heavy atom. The first-order valence-electron chi connectivity index (χ1n) is 7.78. The average Bonchev–Trinajstić information content (AvgIpc) is 2.95. The van der Waals surface area contributed by atoms with Crippen LogP contribution in [0.5, 0.6) is 0 Å². The van der Waals surface area contributed by atoms with Crippen LogP contribution in [0, 0.1) is 0 Å². The van der Waals surface area contributed by atoms with Gasteiger partial charge in [0.15, 0.2) is 0 Å². The Hall–Kier alpha value is -1.60. The fraction of sp³-hybridized carbons (Fsp3) is 0.368. The molecule has 0 saturated carbocycles. The molecular weight excluding hydrogens is 242 g/mol. The maximum atomic E-state index is 3.47. The summed E-state index contributed by atoms with van der Waals surface area (Å²) in [4.78, 5) is 0. The van der Waals surface area contributed by atoms with Gasteiger partial charge < -0.3 is 5.32 Å². The molecule has 0 bridgehead atoms. The van der Waals surface area contributed by atoms with Gasteiger partial charge in [0.2, 0.25) is 0 Å². The van der Waals surface area contributed by atoms with Gasteiger partial charge in [-0.2, -0.15) is 0 Å². The van der Waals surface area contributed by atoms with E-state index in [0.29, 0.717) is 0 Å². The van der Waals surface area contributed by atoms with Gasteiger partial charge in [-0.05, 0) is 66.1 Å². The summed E-state index contributed by atoms with van der Waals surface area (Å²) < 4.78 is 0. The third kappa shape index (κ3) is 2.94. The molecule has 0 fully saturated rings. The molecule has 0 saturated heterocycles. The molecule has 1 N–H and O–H groups in total. The van der Waals surface area contributed by atoms with Crippen molar-refractivity contribution < 1.29 is 0 Å². The summed E-state index contributed by atoms with van der Waals surface area (Å²) in [5.41, 5.74) is 7.18. The largest absolute Gasteiger partial charge is 0.313 e. The molecule has 1 nitrogen and oxygen atoms in total. The quantitative estimate of drug-likeness (QED) is 0.793. The minimum atomic E-state index is 0.965. The predicted molar refractivity (Wildman–Crippen MR) is 85.9 cm³/mol. The summed E-state index contributed by atoms with van der Waals surface area (Å²) in [6.45, 7) is 4.25. The molecule has 0 spiro atoms. The number of fused-ring (bicyclic) bond motifs is 1. The first-order valence-corrected chi connectivity index (χ1v) is 7.78. The highest BCUT2D eigenvalue weighted by Gasteiger charge is 2.11. The second-order valence-corrected chi connectivity index (χ2v) is 5.71. The van der Waals surface area contributed by atoms with E-state index in [1.807, 2.05) is 0 Å².